The maximum absolute atomic E-state index is 11.7. The van der Waals surface area contributed by atoms with Crippen LogP contribution in [0.4, 0.5) is 0 Å². The summed E-state index contributed by atoms with van der Waals surface area (Å²) in [6.45, 7) is 2.69. The number of unbranched alkanes of at least 4 members (excludes halogenated alkanes) is 4. The molecular formula is C16H23ClN2OS. The van der Waals surface area contributed by atoms with Crippen LogP contribution in [0.2, 0.25) is 5.02 Å². The molecule has 0 aliphatic heterocycles. The molecule has 0 saturated heterocycles. The van der Waals surface area contributed by atoms with E-state index in [1.807, 2.05) is 24.3 Å². The monoisotopic (exact) mass is 326 g/mol. The molecule has 3 nitrogen and oxygen atoms in total. The molecule has 0 heterocycles. The summed E-state index contributed by atoms with van der Waals surface area (Å²) in [5, 5.41) is 6.74. The second-order valence-electron chi connectivity index (χ2n) is 4.99. The van der Waals surface area contributed by atoms with Crippen LogP contribution in [0.25, 0.3) is 0 Å². The molecule has 0 spiro atoms. The summed E-state index contributed by atoms with van der Waals surface area (Å²) in [6.07, 6.45) is 6.18. The van der Waals surface area contributed by atoms with Crippen LogP contribution in [0.15, 0.2) is 24.3 Å². The third-order valence-corrected chi connectivity index (χ3v) is 3.77. The van der Waals surface area contributed by atoms with Gasteiger partial charge in [0.1, 0.15) is 0 Å². The van der Waals surface area contributed by atoms with Gasteiger partial charge >= 0.3 is 0 Å². The number of hydrogen-bond acceptors (Lipinski definition) is 2. The topological polar surface area (TPSA) is 41.1 Å². The van der Waals surface area contributed by atoms with E-state index in [2.05, 4.69) is 17.6 Å². The number of halogens is 1. The third-order valence-electron chi connectivity index (χ3n) is 3.16. The van der Waals surface area contributed by atoms with Crippen molar-refractivity contribution >= 4 is 34.8 Å². The maximum Gasteiger partial charge on any atom is 0.226 e. The number of hydrogen-bond donors (Lipinski definition) is 2. The Hall–Kier alpha value is -1.13. The molecular weight excluding hydrogens is 304 g/mol. The minimum atomic E-state index is -0.0249. The predicted octanol–water partition coefficient (Wildman–Crippen LogP) is 4.19. The molecule has 1 amide bonds. The summed E-state index contributed by atoms with van der Waals surface area (Å²) in [5.41, 5.74) is 0.954. The molecule has 0 bridgehead atoms. The van der Waals surface area contributed by atoms with Gasteiger partial charge in [0.05, 0.1) is 0 Å². The van der Waals surface area contributed by atoms with E-state index >= 15 is 0 Å². The van der Waals surface area contributed by atoms with E-state index < -0.39 is 0 Å². The SMILES string of the molecule is CCCCCCCC(=O)NC(=S)NCc1ccccc1Cl. The van der Waals surface area contributed by atoms with Gasteiger partial charge in [-0.05, 0) is 30.3 Å². The van der Waals surface area contributed by atoms with Crippen molar-refractivity contribution in [2.45, 2.75) is 52.0 Å². The zero-order chi connectivity index (χ0) is 15.5. The second kappa shape index (κ2) is 10.6. The number of carbonyl (C=O) groups excluding carboxylic acids is 1. The van der Waals surface area contributed by atoms with E-state index in [1.54, 1.807) is 0 Å². The maximum atomic E-state index is 11.7. The van der Waals surface area contributed by atoms with Crippen LogP contribution in [0.3, 0.4) is 0 Å². The average Bonchev–Trinajstić information content (AvgIpc) is 2.46. The molecule has 2 N–H and O–H groups in total. The normalized spacial score (nSPS) is 10.2. The van der Waals surface area contributed by atoms with Gasteiger partial charge in [-0.1, -0.05) is 62.4 Å². The highest BCUT2D eigenvalue weighted by Crippen LogP contribution is 2.14. The van der Waals surface area contributed by atoms with Crippen molar-refractivity contribution in [1.82, 2.24) is 10.6 Å². The first-order valence-electron chi connectivity index (χ1n) is 7.44. The Bertz CT molecular complexity index is 465. The van der Waals surface area contributed by atoms with Crippen LogP contribution in [0.5, 0.6) is 0 Å². The first kappa shape index (κ1) is 17.9. The summed E-state index contributed by atoms with van der Waals surface area (Å²) >= 11 is 11.2. The van der Waals surface area contributed by atoms with Gasteiger partial charge in [0.25, 0.3) is 0 Å². The minimum absolute atomic E-state index is 0.0249. The van der Waals surface area contributed by atoms with Gasteiger partial charge in [0.2, 0.25) is 5.91 Å². The highest BCUT2D eigenvalue weighted by molar-refractivity contribution is 7.80. The molecule has 1 aromatic carbocycles. The standard InChI is InChI=1S/C16H23ClN2OS/c1-2-3-4-5-6-11-15(20)19-16(21)18-12-13-9-7-8-10-14(13)17/h7-10H,2-6,11-12H2,1H3,(H2,18,19,20,21). The Morgan fingerprint density at radius 2 is 1.90 bits per heavy atom. The van der Waals surface area contributed by atoms with Gasteiger partial charge in [0.15, 0.2) is 5.11 Å². The van der Waals surface area contributed by atoms with Crippen molar-refractivity contribution in [3.05, 3.63) is 34.9 Å². The number of thiocarbonyl (C=S) groups is 1. The van der Waals surface area contributed by atoms with Gasteiger partial charge < -0.3 is 10.6 Å². The lowest BCUT2D eigenvalue weighted by molar-refractivity contribution is -0.119. The summed E-state index contributed by atoms with van der Waals surface area (Å²) < 4.78 is 0. The number of nitrogens with one attached hydrogen (secondary N) is 2. The second-order valence-corrected chi connectivity index (χ2v) is 5.80. The van der Waals surface area contributed by atoms with Crippen molar-refractivity contribution in [3.8, 4) is 0 Å². The quantitative estimate of drug-likeness (QED) is 0.556. The van der Waals surface area contributed by atoms with Gasteiger partial charge in [-0.2, -0.15) is 0 Å². The molecule has 116 valence electrons. The lowest BCUT2D eigenvalue weighted by Crippen LogP contribution is -2.38. The molecule has 21 heavy (non-hydrogen) atoms. The fraction of sp³-hybridized carbons (Fsp3) is 0.500. The number of amides is 1. The molecule has 0 aliphatic rings. The average molecular weight is 327 g/mol. The number of benzene rings is 1. The van der Waals surface area contributed by atoms with Crippen molar-refractivity contribution in [2.24, 2.45) is 0 Å². The smallest absolute Gasteiger partial charge is 0.226 e. The van der Waals surface area contributed by atoms with Gasteiger partial charge in [-0.3, -0.25) is 4.79 Å². The first-order chi connectivity index (χ1) is 10.1. The lowest BCUT2D eigenvalue weighted by atomic mass is 10.1. The van der Waals surface area contributed by atoms with Gasteiger partial charge in [0, 0.05) is 18.0 Å². The van der Waals surface area contributed by atoms with Crippen LogP contribution in [0, 0.1) is 0 Å². The Kier molecular flexibility index (Phi) is 9.02. The first-order valence-corrected chi connectivity index (χ1v) is 8.23. The third kappa shape index (κ3) is 8.02. The zero-order valence-corrected chi connectivity index (χ0v) is 14.0. The Morgan fingerprint density at radius 1 is 1.19 bits per heavy atom. The van der Waals surface area contributed by atoms with E-state index in [0.29, 0.717) is 23.1 Å². The molecule has 0 fully saturated rings. The molecule has 0 saturated carbocycles. The van der Waals surface area contributed by atoms with E-state index in [0.717, 1.165) is 18.4 Å². The van der Waals surface area contributed by atoms with Crippen molar-refractivity contribution < 1.29 is 4.79 Å². The molecule has 0 radical (unpaired) electrons. The predicted molar refractivity (Wildman–Crippen MR) is 92.4 cm³/mol. The van der Waals surface area contributed by atoms with Crippen LogP contribution in [-0.4, -0.2) is 11.0 Å². The fourth-order valence-electron chi connectivity index (χ4n) is 1.94. The fourth-order valence-corrected chi connectivity index (χ4v) is 2.33. The highest BCUT2D eigenvalue weighted by Gasteiger charge is 2.05. The Labute approximate surface area is 137 Å². The van der Waals surface area contributed by atoms with Crippen molar-refractivity contribution in [1.29, 1.82) is 0 Å². The largest absolute Gasteiger partial charge is 0.358 e. The summed E-state index contributed by atoms with van der Waals surface area (Å²) in [5.74, 6) is -0.0249. The van der Waals surface area contributed by atoms with Crippen LogP contribution >= 0.6 is 23.8 Å². The van der Waals surface area contributed by atoms with Crippen LogP contribution in [-0.2, 0) is 11.3 Å². The van der Waals surface area contributed by atoms with Gasteiger partial charge in [-0.15, -0.1) is 0 Å². The lowest BCUT2D eigenvalue weighted by Gasteiger charge is -2.10. The van der Waals surface area contributed by atoms with E-state index in [-0.39, 0.29) is 5.91 Å². The summed E-state index contributed by atoms with van der Waals surface area (Å²) in [4.78, 5) is 11.7. The van der Waals surface area contributed by atoms with Crippen molar-refractivity contribution in [3.63, 3.8) is 0 Å². The van der Waals surface area contributed by atoms with Crippen LogP contribution in [0.1, 0.15) is 51.0 Å². The number of carbonyl (C=O) groups is 1. The molecule has 0 atom stereocenters. The molecule has 1 aromatic rings. The Morgan fingerprint density at radius 3 is 2.62 bits per heavy atom. The molecule has 0 aromatic heterocycles. The molecule has 0 unspecified atom stereocenters. The zero-order valence-electron chi connectivity index (χ0n) is 12.5. The van der Waals surface area contributed by atoms with E-state index in [1.165, 1.54) is 19.3 Å². The minimum Gasteiger partial charge on any atom is -0.358 e. The van der Waals surface area contributed by atoms with E-state index in [4.69, 9.17) is 23.8 Å². The molecule has 5 heteroatoms. The van der Waals surface area contributed by atoms with E-state index in [9.17, 15) is 4.79 Å². The van der Waals surface area contributed by atoms with Crippen molar-refractivity contribution in [2.75, 3.05) is 0 Å². The highest BCUT2D eigenvalue weighted by atomic mass is 35.5. The van der Waals surface area contributed by atoms with Gasteiger partial charge in [-0.25, -0.2) is 0 Å². The number of rotatable bonds is 8. The molecule has 0 aliphatic carbocycles. The summed E-state index contributed by atoms with van der Waals surface area (Å²) in [7, 11) is 0. The summed E-state index contributed by atoms with van der Waals surface area (Å²) in [6, 6.07) is 7.55. The molecule has 1 rings (SSSR count). The Balaban J connectivity index is 2.18. The van der Waals surface area contributed by atoms with Crippen LogP contribution < -0.4 is 10.6 Å².